The maximum Gasteiger partial charge on any atom is 0.0447 e. The van der Waals surface area contributed by atoms with Crippen molar-refractivity contribution < 1.29 is 0 Å². The van der Waals surface area contributed by atoms with E-state index in [1.165, 1.54) is 12.8 Å². The van der Waals surface area contributed by atoms with E-state index in [4.69, 9.17) is 11.6 Å². The first-order chi connectivity index (χ1) is 6.34. The number of halogens is 1. The SMILES string of the molecule is Clc1cccc(N[C@@H]2C=CCC2)c1. The minimum Gasteiger partial charge on any atom is -0.379 e. The third-order valence-electron chi connectivity index (χ3n) is 2.19. The molecule has 0 saturated carbocycles. The number of benzene rings is 1. The van der Waals surface area contributed by atoms with Crippen LogP contribution in [0.15, 0.2) is 36.4 Å². The van der Waals surface area contributed by atoms with E-state index in [2.05, 4.69) is 17.5 Å². The van der Waals surface area contributed by atoms with Crippen molar-refractivity contribution in [3.05, 3.63) is 41.4 Å². The molecule has 1 nitrogen and oxygen atoms in total. The van der Waals surface area contributed by atoms with Crippen molar-refractivity contribution in [1.82, 2.24) is 0 Å². The lowest BCUT2D eigenvalue weighted by Gasteiger charge is -2.11. The Bertz CT molecular complexity index is 320. The lowest BCUT2D eigenvalue weighted by molar-refractivity contribution is 0.826. The van der Waals surface area contributed by atoms with Crippen LogP contribution in [0.1, 0.15) is 12.8 Å². The maximum absolute atomic E-state index is 5.87. The van der Waals surface area contributed by atoms with Gasteiger partial charge in [0.2, 0.25) is 0 Å². The molecule has 0 aliphatic heterocycles. The van der Waals surface area contributed by atoms with Gasteiger partial charge in [-0.25, -0.2) is 0 Å². The van der Waals surface area contributed by atoms with Gasteiger partial charge in [0.05, 0.1) is 0 Å². The number of rotatable bonds is 2. The quantitative estimate of drug-likeness (QED) is 0.710. The van der Waals surface area contributed by atoms with Crippen LogP contribution in [0.25, 0.3) is 0 Å². The molecule has 1 N–H and O–H groups in total. The molecular formula is C11H12ClN. The molecule has 68 valence electrons. The van der Waals surface area contributed by atoms with Crippen LogP contribution in [0.2, 0.25) is 5.02 Å². The van der Waals surface area contributed by atoms with Crippen LogP contribution in [0, 0.1) is 0 Å². The number of allylic oxidation sites excluding steroid dienone is 1. The molecule has 0 amide bonds. The molecule has 0 aromatic heterocycles. The van der Waals surface area contributed by atoms with Gasteiger partial charge in [0, 0.05) is 16.8 Å². The van der Waals surface area contributed by atoms with Crippen molar-refractivity contribution in [3.8, 4) is 0 Å². The van der Waals surface area contributed by atoms with Gasteiger partial charge < -0.3 is 5.32 Å². The minimum atomic E-state index is 0.485. The lowest BCUT2D eigenvalue weighted by Crippen LogP contribution is -2.12. The van der Waals surface area contributed by atoms with Gasteiger partial charge in [-0.15, -0.1) is 0 Å². The highest BCUT2D eigenvalue weighted by Crippen LogP contribution is 2.19. The zero-order chi connectivity index (χ0) is 9.10. The fourth-order valence-electron chi connectivity index (χ4n) is 1.55. The molecule has 0 heterocycles. The third kappa shape index (κ3) is 2.25. The molecule has 0 radical (unpaired) electrons. The molecule has 2 rings (SSSR count). The summed E-state index contributed by atoms with van der Waals surface area (Å²) in [7, 11) is 0. The van der Waals surface area contributed by atoms with Gasteiger partial charge in [0.15, 0.2) is 0 Å². The predicted molar refractivity (Wildman–Crippen MR) is 57.2 cm³/mol. The summed E-state index contributed by atoms with van der Waals surface area (Å²) < 4.78 is 0. The van der Waals surface area contributed by atoms with E-state index in [0.29, 0.717) is 6.04 Å². The fraction of sp³-hybridized carbons (Fsp3) is 0.273. The zero-order valence-corrected chi connectivity index (χ0v) is 8.09. The molecule has 1 atom stereocenters. The van der Waals surface area contributed by atoms with Gasteiger partial charge in [-0.05, 0) is 31.0 Å². The summed E-state index contributed by atoms with van der Waals surface area (Å²) in [5, 5.41) is 4.19. The average molecular weight is 194 g/mol. The largest absolute Gasteiger partial charge is 0.379 e. The maximum atomic E-state index is 5.87. The Morgan fingerprint density at radius 2 is 2.31 bits per heavy atom. The second-order valence-electron chi connectivity index (χ2n) is 3.27. The van der Waals surface area contributed by atoms with Crippen LogP contribution < -0.4 is 5.32 Å². The summed E-state index contributed by atoms with van der Waals surface area (Å²) >= 11 is 5.87. The van der Waals surface area contributed by atoms with E-state index in [1.807, 2.05) is 24.3 Å². The van der Waals surface area contributed by atoms with Crippen molar-refractivity contribution in [2.24, 2.45) is 0 Å². The second kappa shape index (κ2) is 3.84. The van der Waals surface area contributed by atoms with Gasteiger partial charge in [-0.3, -0.25) is 0 Å². The van der Waals surface area contributed by atoms with Crippen LogP contribution in [-0.4, -0.2) is 6.04 Å². The lowest BCUT2D eigenvalue weighted by atomic mass is 10.2. The van der Waals surface area contributed by atoms with Crippen molar-refractivity contribution in [3.63, 3.8) is 0 Å². The summed E-state index contributed by atoms with van der Waals surface area (Å²) in [4.78, 5) is 0. The molecule has 0 spiro atoms. The van der Waals surface area contributed by atoms with Gasteiger partial charge >= 0.3 is 0 Å². The third-order valence-corrected chi connectivity index (χ3v) is 2.42. The highest BCUT2D eigenvalue weighted by atomic mass is 35.5. The van der Waals surface area contributed by atoms with E-state index in [0.717, 1.165) is 10.7 Å². The van der Waals surface area contributed by atoms with Crippen molar-refractivity contribution in [2.75, 3.05) is 5.32 Å². The monoisotopic (exact) mass is 193 g/mol. The number of nitrogens with one attached hydrogen (secondary N) is 1. The normalized spacial score (nSPS) is 20.5. The van der Waals surface area contributed by atoms with Gasteiger partial charge in [0.1, 0.15) is 0 Å². The van der Waals surface area contributed by atoms with Crippen LogP contribution >= 0.6 is 11.6 Å². The molecular weight excluding hydrogens is 182 g/mol. The molecule has 0 unspecified atom stereocenters. The summed E-state index contributed by atoms with van der Waals surface area (Å²) in [6.45, 7) is 0. The van der Waals surface area contributed by atoms with Gasteiger partial charge in [0.25, 0.3) is 0 Å². The summed E-state index contributed by atoms with van der Waals surface area (Å²) in [5.41, 5.74) is 1.10. The van der Waals surface area contributed by atoms with E-state index in [1.54, 1.807) is 0 Å². The van der Waals surface area contributed by atoms with E-state index < -0.39 is 0 Å². The molecule has 1 aliphatic carbocycles. The number of hydrogen-bond donors (Lipinski definition) is 1. The molecule has 1 aliphatic rings. The molecule has 0 saturated heterocycles. The molecule has 1 aromatic rings. The van der Waals surface area contributed by atoms with Crippen molar-refractivity contribution in [2.45, 2.75) is 18.9 Å². The first-order valence-corrected chi connectivity index (χ1v) is 4.91. The predicted octanol–water partition coefficient (Wildman–Crippen LogP) is 3.47. The number of anilines is 1. The molecule has 13 heavy (non-hydrogen) atoms. The van der Waals surface area contributed by atoms with E-state index >= 15 is 0 Å². The standard InChI is InChI=1S/C11H12ClN/c12-9-4-3-7-11(8-9)13-10-5-1-2-6-10/h1,3-5,7-8,10,13H,2,6H2/t10-/m1/s1. The first-order valence-electron chi connectivity index (χ1n) is 4.53. The Morgan fingerprint density at radius 1 is 1.38 bits per heavy atom. The molecule has 2 heteroatoms. The molecule has 1 aromatic carbocycles. The van der Waals surface area contributed by atoms with Crippen LogP contribution in [0.5, 0.6) is 0 Å². The van der Waals surface area contributed by atoms with Crippen LogP contribution in [-0.2, 0) is 0 Å². The van der Waals surface area contributed by atoms with E-state index in [-0.39, 0.29) is 0 Å². The van der Waals surface area contributed by atoms with Crippen molar-refractivity contribution >= 4 is 17.3 Å². The highest BCUT2D eigenvalue weighted by molar-refractivity contribution is 6.30. The number of hydrogen-bond acceptors (Lipinski definition) is 1. The van der Waals surface area contributed by atoms with Crippen LogP contribution in [0.3, 0.4) is 0 Å². The minimum absolute atomic E-state index is 0.485. The zero-order valence-electron chi connectivity index (χ0n) is 7.33. The van der Waals surface area contributed by atoms with Gasteiger partial charge in [-0.2, -0.15) is 0 Å². The first kappa shape index (κ1) is 8.64. The highest BCUT2D eigenvalue weighted by Gasteiger charge is 2.07. The Labute approximate surface area is 83.4 Å². The smallest absolute Gasteiger partial charge is 0.0447 e. The Morgan fingerprint density at radius 3 is 3.00 bits per heavy atom. The summed E-state index contributed by atoms with van der Waals surface area (Å²) in [6, 6.07) is 8.32. The van der Waals surface area contributed by atoms with Crippen LogP contribution in [0.4, 0.5) is 5.69 Å². The average Bonchev–Trinajstić information content (AvgIpc) is 2.57. The Balaban J connectivity index is 2.04. The topological polar surface area (TPSA) is 12.0 Å². The van der Waals surface area contributed by atoms with E-state index in [9.17, 15) is 0 Å². The molecule has 0 fully saturated rings. The Hall–Kier alpha value is -0.950. The molecule has 0 bridgehead atoms. The summed E-state index contributed by atoms with van der Waals surface area (Å²) in [5.74, 6) is 0. The second-order valence-corrected chi connectivity index (χ2v) is 3.70. The summed E-state index contributed by atoms with van der Waals surface area (Å²) in [6.07, 6.45) is 6.79. The Kier molecular flexibility index (Phi) is 2.55. The van der Waals surface area contributed by atoms with Gasteiger partial charge in [-0.1, -0.05) is 29.8 Å². The fourth-order valence-corrected chi connectivity index (χ4v) is 1.74. The van der Waals surface area contributed by atoms with Crippen molar-refractivity contribution in [1.29, 1.82) is 0 Å².